The third kappa shape index (κ3) is 1.61. The number of aryl methyl sites for hydroxylation is 1. The smallest absolute Gasteiger partial charge is 0.340 e. The number of carbonyl (C=O) groups excluding carboxylic acids is 1. The van der Waals surface area contributed by atoms with Crippen molar-refractivity contribution in [3.8, 4) is 0 Å². The number of pyridine rings is 1. The molecule has 2 aromatic rings. The maximum Gasteiger partial charge on any atom is 0.340 e. The molecule has 0 saturated carbocycles. The average molecular weight is 203 g/mol. The second-order valence-corrected chi connectivity index (χ2v) is 3.40. The Morgan fingerprint density at radius 2 is 2.27 bits per heavy atom. The van der Waals surface area contributed by atoms with Crippen molar-refractivity contribution in [3.63, 3.8) is 0 Å². The largest absolute Gasteiger partial charge is 0.462 e. The molecular formula is C12H13NO2. The number of nitrogens with zero attached hydrogens (tertiary/aromatic N) is 1. The highest BCUT2D eigenvalue weighted by molar-refractivity contribution is 5.98. The fourth-order valence-corrected chi connectivity index (χ4v) is 1.72. The molecule has 2 heterocycles. The molecule has 0 amide bonds. The molecule has 0 unspecified atom stereocenters. The lowest BCUT2D eigenvalue weighted by Gasteiger charge is -2.01. The van der Waals surface area contributed by atoms with Crippen LogP contribution in [0.1, 0.15) is 22.8 Å². The van der Waals surface area contributed by atoms with Crippen molar-refractivity contribution in [1.29, 1.82) is 0 Å². The molecule has 0 bridgehead atoms. The van der Waals surface area contributed by atoms with E-state index >= 15 is 0 Å². The van der Waals surface area contributed by atoms with Gasteiger partial charge < -0.3 is 9.14 Å². The van der Waals surface area contributed by atoms with Crippen LogP contribution in [0.25, 0.3) is 5.52 Å². The lowest BCUT2D eigenvalue weighted by Crippen LogP contribution is -2.05. The van der Waals surface area contributed by atoms with E-state index in [1.807, 2.05) is 48.8 Å². The third-order valence-electron chi connectivity index (χ3n) is 2.35. The minimum atomic E-state index is -0.247. The summed E-state index contributed by atoms with van der Waals surface area (Å²) in [6.07, 6.45) is 3.85. The molecule has 2 aromatic heterocycles. The highest BCUT2D eigenvalue weighted by Gasteiger charge is 2.15. The summed E-state index contributed by atoms with van der Waals surface area (Å²) in [6, 6.07) is 5.76. The van der Waals surface area contributed by atoms with Crippen LogP contribution >= 0.6 is 0 Å². The number of ether oxygens (including phenoxy) is 1. The van der Waals surface area contributed by atoms with Gasteiger partial charge >= 0.3 is 5.97 Å². The summed E-state index contributed by atoms with van der Waals surface area (Å²) >= 11 is 0. The Morgan fingerprint density at radius 3 is 3.00 bits per heavy atom. The van der Waals surface area contributed by atoms with Gasteiger partial charge in [-0.3, -0.25) is 0 Å². The Hall–Kier alpha value is -1.77. The Bertz CT molecular complexity index is 499. The summed E-state index contributed by atoms with van der Waals surface area (Å²) in [5, 5.41) is 0. The molecule has 0 radical (unpaired) electrons. The maximum absolute atomic E-state index is 11.7. The van der Waals surface area contributed by atoms with Crippen LogP contribution in [0.2, 0.25) is 0 Å². The summed E-state index contributed by atoms with van der Waals surface area (Å²) in [5.41, 5.74) is 2.51. The summed E-state index contributed by atoms with van der Waals surface area (Å²) < 4.78 is 6.96. The summed E-state index contributed by atoms with van der Waals surface area (Å²) in [6.45, 7) is 4.13. The van der Waals surface area contributed by atoms with E-state index in [0.29, 0.717) is 12.2 Å². The highest BCUT2D eigenvalue weighted by Crippen LogP contribution is 2.18. The van der Waals surface area contributed by atoms with Crippen molar-refractivity contribution < 1.29 is 9.53 Å². The fourth-order valence-electron chi connectivity index (χ4n) is 1.72. The highest BCUT2D eigenvalue weighted by atomic mass is 16.5. The van der Waals surface area contributed by atoms with Crippen LogP contribution in [0, 0.1) is 6.92 Å². The van der Waals surface area contributed by atoms with Crippen molar-refractivity contribution >= 4 is 11.5 Å². The molecule has 78 valence electrons. The number of rotatable bonds is 2. The van der Waals surface area contributed by atoms with Gasteiger partial charge in [0.25, 0.3) is 0 Å². The van der Waals surface area contributed by atoms with Gasteiger partial charge in [0.15, 0.2) is 0 Å². The molecule has 15 heavy (non-hydrogen) atoms. The van der Waals surface area contributed by atoms with E-state index in [1.165, 1.54) is 0 Å². The molecule has 3 nitrogen and oxygen atoms in total. The fraction of sp³-hybridized carbons (Fsp3) is 0.250. The summed E-state index contributed by atoms with van der Waals surface area (Å²) in [4.78, 5) is 11.7. The second kappa shape index (κ2) is 3.77. The van der Waals surface area contributed by atoms with E-state index in [1.54, 1.807) is 0 Å². The van der Waals surface area contributed by atoms with Crippen molar-refractivity contribution in [2.24, 2.45) is 0 Å². The quantitative estimate of drug-likeness (QED) is 0.702. The van der Waals surface area contributed by atoms with E-state index in [0.717, 1.165) is 11.1 Å². The molecule has 0 aromatic carbocycles. The van der Waals surface area contributed by atoms with Gasteiger partial charge in [-0.1, -0.05) is 6.07 Å². The zero-order valence-electron chi connectivity index (χ0n) is 8.86. The molecule has 0 aliphatic carbocycles. The summed E-state index contributed by atoms with van der Waals surface area (Å²) in [7, 11) is 0. The van der Waals surface area contributed by atoms with Gasteiger partial charge in [-0.2, -0.15) is 0 Å². The Labute approximate surface area is 88.3 Å². The average Bonchev–Trinajstić information content (AvgIpc) is 2.54. The SMILES string of the molecule is CCOC(=O)c1c(C)cn2ccccc12. The third-order valence-corrected chi connectivity index (χ3v) is 2.35. The van der Waals surface area contributed by atoms with Gasteiger partial charge in [0.05, 0.1) is 17.7 Å². The van der Waals surface area contributed by atoms with E-state index < -0.39 is 0 Å². The van der Waals surface area contributed by atoms with Gasteiger partial charge in [0.2, 0.25) is 0 Å². The maximum atomic E-state index is 11.7. The van der Waals surface area contributed by atoms with E-state index in [-0.39, 0.29) is 5.97 Å². The molecular weight excluding hydrogens is 190 g/mol. The molecule has 3 heteroatoms. The van der Waals surface area contributed by atoms with Gasteiger partial charge in [-0.25, -0.2) is 4.79 Å². The zero-order valence-corrected chi connectivity index (χ0v) is 8.86. The Kier molecular flexibility index (Phi) is 2.46. The first kappa shape index (κ1) is 9.77. The molecule has 2 rings (SSSR count). The Morgan fingerprint density at radius 1 is 1.47 bits per heavy atom. The number of hydrogen-bond donors (Lipinski definition) is 0. The predicted octanol–water partition coefficient (Wildman–Crippen LogP) is 2.42. The zero-order chi connectivity index (χ0) is 10.8. The minimum Gasteiger partial charge on any atom is -0.462 e. The van der Waals surface area contributed by atoms with Crippen LogP contribution in [0.15, 0.2) is 30.6 Å². The Balaban J connectivity index is 2.58. The van der Waals surface area contributed by atoms with Gasteiger partial charge in [0, 0.05) is 12.4 Å². The molecule has 0 fully saturated rings. The first-order valence-corrected chi connectivity index (χ1v) is 4.97. The topological polar surface area (TPSA) is 30.7 Å². The number of fused-ring (bicyclic) bond motifs is 1. The van der Waals surface area contributed by atoms with E-state index in [4.69, 9.17) is 4.74 Å². The van der Waals surface area contributed by atoms with Crippen LogP contribution in [0.3, 0.4) is 0 Å². The second-order valence-electron chi connectivity index (χ2n) is 3.40. The molecule has 0 aliphatic rings. The van der Waals surface area contributed by atoms with Crippen LogP contribution in [-0.2, 0) is 4.74 Å². The molecule has 0 aliphatic heterocycles. The van der Waals surface area contributed by atoms with Gasteiger partial charge in [0.1, 0.15) is 0 Å². The number of esters is 1. The molecule has 0 saturated heterocycles. The standard InChI is InChI=1S/C12H13NO2/c1-3-15-12(14)11-9(2)8-13-7-5-4-6-10(11)13/h4-8H,3H2,1-2H3. The lowest BCUT2D eigenvalue weighted by molar-refractivity contribution is 0.0528. The monoisotopic (exact) mass is 203 g/mol. The van der Waals surface area contributed by atoms with Crippen LogP contribution in [0.5, 0.6) is 0 Å². The summed E-state index contributed by atoms with van der Waals surface area (Å²) in [5.74, 6) is -0.247. The van der Waals surface area contributed by atoms with Crippen molar-refractivity contribution in [1.82, 2.24) is 4.40 Å². The first-order chi connectivity index (χ1) is 7.24. The molecule has 0 spiro atoms. The predicted molar refractivity (Wildman–Crippen MR) is 58.1 cm³/mol. The number of hydrogen-bond acceptors (Lipinski definition) is 2. The normalized spacial score (nSPS) is 10.5. The number of aromatic nitrogens is 1. The lowest BCUT2D eigenvalue weighted by atomic mass is 10.2. The first-order valence-electron chi connectivity index (χ1n) is 4.97. The van der Waals surface area contributed by atoms with Crippen LogP contribution in [-0.4, -0.2) is 17.0 Å². The van der Waals surface area contributed by atoms with Crippen LogP contribution < -0.4 is 0 Å². The molecule has 0 N–H and O–H groups in total. The van der Waals surface area contributed by atoms with Crippen LogP contribution in [0.4, 0.5) is 0 Å². The van der Waals surface area contributed by atoms with Crippen molar-refractivity contribution in [2.75, 3.05) is 6.61 Å². The van der Waals surface area contributed by atoms with E-state index in [2.05, 4.69) is 0 Å². The van der Waals surface area contributed by atoms with Gasteiger partial charge in [-0.15, -0.1) is 0 Å². The van der Waals surface area contributed by atoms with Gasteiger partial charge in [-0.05, 0) is 31.5 Å². The van der Waals surface area contributed by atoms with Crippen molar-refractivity contribution in [3.05, 3.63) is 41.7 Å². The molecule has 0 atom stereocenters. The van der Waals surface area contributed by atoms with Crippen molar-refractivity contribution in [2.45, 2.75) is 13.8 Å². The minimum absolute atomic E-state index is 0.247. The van der Waals surface area contributed by atoms with E-state index in [9.17, 15) is 4.79 Å². The number of carbonyl (C=O) groups is 1.